The van der Waals surface area contributed by atoms with Gasteiger partial charge in [0.1, 0.15) is 24.2 Å². The van der Waals surface area contributed by atoms with Crippen LogP contribution >= 0.6 is 0 Å². The normalized spacial score (nSPS) is 22.0. The van der Waals surface area contributed by atoms with Crippen LogP contribution in [0.25, 0.3) is 0 Å². The first-order valence-electron chi connectivity index (χ1n) is 14.0. The number of aliphatic carboxylic acids is 1. The lowest BCUT2D eigenvalue weighted by Gasteiger charge is -2.26. The molecular formula is C27H41N9O7. The number of carbonyl (C=O) groups excluding carboxylic acids is 5. The van der Waals surface area contributed by atoms with E-state index in [1.165, 1.54) is 0 Å². The first-order chi connectivity index (χ1) is 20.5. The summed E-state index contributed by atoms with van der Waals surface area (Å²) in [5, 5.41) is 31.7. The van der Waals surface area contributed by atoms with Crippen molar-refractivity contribution < 1.29 is 33.9 Å². The van der Waals surface area contributed by atoms with Gasteiger partial charge in [0, 0.05) is 13.0 Å². The predicted octanol–water partition coefficient (Wildman–Crippen LogP) is -2.83. The van der Waals surface area contributed by atoms with Crippen LogP contribution < -0.4 is 43.4 Å². The van der Waals surface area contributed by atoms with Crippen molar-refractivity contribution in [1.29, 1.82) is 5.41 Å². The van der Waals surface area contributed by atoms with Gasteiger partial charge in [-0.2, -0.15) is 0 Å². The fourth-order valence-electron chi connectivity index (χ4n) is 4.36. The van der Waals surface area contributed by atoms with Gasteiger partial charge in [-0.25, -0.2) is 0 Å². The molecule has 0 bridgehead atoms. The smallest absolute Gasteiger partial charge is 0.305 e. The van der Waals surface area contributed by atoms with E-state index >= 15 is 0 Å². The van der Waals surface area contributed by atoms with Gasteiger partial charge >= 0.3 is 5.97 Å². The van der Waals surface area contributed by atoms with Crippen LogP contribution in [0.1, 0.15) is 44.1 Å². The molecule has 12 N–H and O–H groups in total. The van der Waals surface area contributed by atoms with E-state index in [0.29, 0.717) is 31.4 Å². The molecule has 0 spiro atoms. The number of amides is 5. The summed E-state index contributed by atoms with van der Waals surface area (Å²) in [5.41, 5.74) is 11.6. The second-order valence-corrected chi connectivity index (χ2v) is 10.1. The molecule has 1 aromatic carbocycles. The van der Waals surface area contributed by atoms with Crippen LogP contribution in [0.2, 0.25) is 0 Å². The number of carbonyl (C=O) groups is 6. The Bertz CT molecular complexity index is 1150. The van der Waals surface area contributed by atoms with Gasteiger partial charge in [-0.3, -0.25) is 34.2 Å². The van der Waals surface area contributed by atoms with Gasteiger partial charge in [-0.1, -0.05) is 30.3 Å². The quantitative estimate of drug-likeness (QED) is 0.0664. The molecule has 1 aliphatic heterocycles. The van der Waals surface area contributed by atoms with Crippen molar-refractivity contribution in [2.75, 3.05) is 19.6 Å². The van der Waals surface area contributed by atoms with Crippen LogP contribution in [0.3, 0.4) is 0 Å². The molecule has 16 nitrogen and oxygen atoms in total. The second kappa shape index (κ2) is 17.9. The van der Waals surface area contributed by atoms with Crippen molar-refractivity contribution in [2.45, 2.75) is 69.1 Å². The van der Waals surface area contributed by atoms with E-state index in [1.54, 1.807) is 30.3 Å². The van der Waals surface area contributed by atoms with Crippen LogP contribution in [0.4, 0.5) is 0 Å². The molecule has 4 unspecified atom stereocenters. The Morgan fingerprint density at radius 1 is 0.837 bits per heavy atom. The molecule has 0 saturated carbocycles. The second-order valence-electron chi connectivity index (χ2n) is 10.1. The van der Waals surface area contributed by atoms with E-state index in [9.17, 15) is 33.9 Å². The minimum absolute atomic E-state index is 0.00903. The molecule has 0 radical (unpaired) electrons. The van der Waals surface area contributed by atoms with Gasteiger partial charge in [-0.15, -0.1) is 0 Å². The van der Waals surface area contributed by atoms with Gasteiger partial charge in [0.15, 0.2) is 5.96 Å². The predicted molar refractivity (Wildman–Crippen MR) is 155 cm³/mol. The molecular weight excluding hydrogens is 562 g/mol. The minimum Gasteiger partial charge on any atom is -0.481 e. The van der Waals surface area contributed by atoms with E-state index in [1.807, 2.05) is 0 Å². The molecule has 0 aliphatic carbocycles. The highest BCUT2D eigenvalue weighted by Crippen LogP contribution is 2.09. The number of unbranched alkanes of at least 4 members (excludes halogenated alkanes) is 1. The highest BCUT2D eigenvalue weighted by molar-refractivity contribution is 5.98. The number of hydrogen-bond donors (Lipinski definition) is 10. The Morgan fingerprint density at radius 3 is 2.05 bits per heavy atom. The molecule has 1 saturated heterocycles. The third-order valence-electron chi connectivity index (χ3n) is 6.57. The Labute approximate surface area is 249 Å². The molecule has 1 aromatic rings. The SMILES string of the molecule is N=C(N)NCCCC1NC(=O)C(CCCCN)NC(=O)C(Cc2ccccc2)NC(=O)C(CC(=O)O)NC(=O)CNC1=O. The number of carboxylic acids is 1. The summed E-state index contributed by atoms with van der Waals surface area (Å²) in [6.07, 6.45) is 0.864. The van der Waals surface area contributed by atoms with Crippen LogP contribution in [-0.4, -0.2) is 90.4 Å². The average molecular weight is 604 g/mol. The zero-order valence-corrected chi connectivity index (χ0v) is 23.8. The molecule has 16 heteroatoms. The van der Waals surface area contributed by atoms with Crippen LogP contribution in [0, 0.1) is 5.41 Å². The number of rotatable bonds is 12. The standard InChI is InChI=1S/C27H41N9O7/c28-11-5-4-9-18-24(41)34-17(10-6-12-31-27(29)30)23(40)32-15-21(37)33-20(14-22(38)39)26(43)36-19(25(42)35-18)13-16-7-2-1-3-8-16/h1-3,7-8,17-20H,4-6,9-15,28H2,(H,32,40)(H,33,37)(H,34,41)(H,35,42)(H,36,43)(H,38,39)(H4,29,30,31). The third kappa shape index (κ3) is 12.8. The number of benzene rings is 1. The van der Waals surface area contributed by atoms with Gasteiger partial charge in [-0.05, 0) is 44.2 Å². The summed E-state index contributed by atoms with van der Waals surface area (Å²) < 4.78 is 0. The van der Waals surface area contributed by atoms with Crippen molar-refractivity contribution in [3.8, 4) is 0 Å². The number of nitrogens with one attached hydrogen (secondary N) is 7. The van der Waals surface area contributed by atoms with Crippen LogP contribution in [0.15, 0.2) is 30.3 Å². The fourth-order valence-corrected chi connectivity index (χ4v) is 4.36. The summed E-state index contributed by atoms with van der Waals surface area (Å²) in [5.74, 6) is -5.50. The summed E-state index contributed by atoms with van der Waals surface area (Å²) in [6, 6.07) is 3.74. The summed E-state index contributed by atoms with van der Waals surface area (Å²) in [6.45, 7) is -0.0159. The van der Waals surface area contributed by atoms with E-state index in [4.69, 9.17) is 16.9 Å². The fraction of sp³-hybridized carbons (Fsp3) is 0.519. The zero-order valence-electron chi connectivity index (χ0n) is 23.8. The molecule has 1 fully saturated rings. The topological polar surface area (TPSA) is 271 Å². The largest absolute Gasteiger partial charge is 0.481 e. The molecule has 236 valence electrons. The average Bonchev–Trinajstić information content (AvgIpc) is 2.95. The number of guanidine groups is 1. The molecule has 5 amide bonds. The Hall–Kier alpha value is -4.73. The number of hydrogen-bond acceptors (Lipinski definition) is 8. The van der Waals surface area contributed by atoms with E-state index in [0.717, 1.165) is 0 Å². The lowest BCUT2D eigenvalue weighted by molar-refractivity contribution is -0.141. The maximum absolute atomic E-state index is 13.6. The number of carboxylic acid groups (broad SMARTS) is 1. The monoisotopic (exact) mass is 603 g/mol. The van der Waals surface area contributed by atoms with Crippen molar-refractivity contribution in [2.24, 2.45) is 11.5 Å². The zero-order chi connectivity index (χ0) is 31.8. The maximum Gasteiger partial charge on any atom is 0.305 e. The van der Waals surface area contributed by atoms with Crippen molar-refractivity contribution in [3.05, 3.63) is 35.9 Å². The molecule has 2 rings (SSSR count). The highest BCUT2D eigenvalue weighted by Gasteiger charge is 2.33. The molecule has 1 aliphatic rings. The lowest BCUT2D eigenvalue weighted by atomic mass is 10.0. The third-order valence-corrected chi connectivity index (χ3v) is 6.57. The van der Waals surface area contributed by atoms with Gasteiger partial charge in [0.2, 0.25) is 29.5 Å². The van der Waals surface area contributed by atoms with Gasteiger partial charge < -0.3 is 48.5 Å². The first kappa shape index (κ1) is 34.5. The van der Waals surface area contributed by atoms with Gasteiger partial charge in [0.05, 0.1) is 13.0 Å². The number of nitrogens with two attached hydrogens (primary N) is 2. The van der Waals surface area contributed by atoms with Crippen molar-refractivity contribution >= 4 is 41.5 Å². The Kier molecular flexibility index (Phi) is 14.4. The Morgan fingerprint density at radius 2 is 1.42 bits per heavy atom. The lowest BCUT2D eigenvalue weighted by Crippen LogP contribution is -2.58. The summed E-state index contributed by atoms with van der Waals surface area (Å²) >= 11 is 0. The van der Waals surface area contributed by atoms with E-state index < -0.39 is 72.6 Å². The van der Waals surface area contributed by atoms with Gasteiger partial charge in [0.25, 0.3) is 0 Å². The first-order valence-corrected chi connectivity index (χ1v) is 14.0. The van der Waals surface area contributed by atoms with Crippen LogP contribution in [0.5, 0.6) is 0 Å². The molecule has 43 heavy (non-hydrogen) atoms. The van der Waals surface area contributed by atoms with Crippen molar-refractivity contribution in [3.63, 3.8) is 0 Å². The van der Waals surface area contributed by atoms with Crippen molar-refractivity contribution in [1.82, 2.24) is 31.9 Å². The van der Waals surface area contributed by atoms with E-state index in [-0.39, 0.29) is 31.8 Å². The van der Waals surface area contributed by atoms with Crippen LogP contribution in [-0.2, 0) is 35.2 Å². The maximum atomic E-state index is 13.6. The highest BCUT2D eigenvalue weighted by atomic mass is 16.4. The minimum atomic E-state index is -1.55. The summed E-state index contributed by atoms with van der Waals surface area (Å²) in [7, 11) is 0. The molecule has 1 heterocycles. The Balaban J connectivity index is 2.42. The van der Waals surface area contributed by atoms with E-state index in [2.05, 4.69) is 31.9 Å². The molecule has 0 aromatic heterocycles. The molecule has 4 atom stereocenters. The summed E-state index contributed by atoms with van der Waals surface area (Å²) in [4.78, 5) is 77.3.